The second kappa shape index (κ2) is 9.84. The van der Waals surface area contributed by atoms with Crippen molar-refractivity contribution in [2.45, 2.75) is 0 Å². The van der Waals surface area contributed by atoms with Crippen LogP contribution in [0.25, 0.3) is 0 Å². The van der Waals surface area contributed by atoms with Crippen LogP contribution in [0.3, 0.4) is 0 Å². The van der Waals surface area contributed by atoms with Gasteiger partial charge in [0.2, 0.25) is 0 Å². The fraction of sp³-hybridized carbons (Fsp3) is 0.200. The third-order valence-corrected chi connectivity index (χ3v) is 0.263. The highest BCUT2D eigenvalue weighted by Crippen LogP contribution is 1.47. The first-order chi connectivity index (χ1) is 4.18. The van der Waals surface area contributed by atoms with Crippen LogP contribution in [-0.2, 0) is 14.3 Å². The third kappa shape index (κ3) is 51.8. The van der Waals surface area contributed by atoms with E-state index in [0.717, 1.165) is 6.08 Å². The molecule has 0 amide bonds. The largest absolute Gasteiger partial charge is 0.545 e. The molecule has 0 spiro atoms. The standard InChI is InChI=1S/C3H4O2.C2H4O2/c1-2-3(4)5;1-4-2-3/h2H,1H2,(H,4,5);2H,1H3/p-1. The van der Waals surface area contributed by atoms with Gasteiger partial charge in [-0.3, -0.25) is 4.79 Å². The molecule has 4 nitrogen and oxygen atoms in total. The predicted molar refractivity (Wildman–Crippen MR) is 28.3 cm³/mol. The van der Waals surface area contributed by atoms with Gasteiger partial charge in [-0.1, -0.05) is 6.58 Å². The number of carboxylic acid groups (broad SMARTS) is 1. The number of hydrogen-bond acceptors (Lipinski definition) is 4. The molecule has 0 aliphatic rings. The Hall–Kier alpha value is -1.32. The zero-order valence-electron chi connectivity index (χ0n) is 4.99. The minimum atomic E-state index is -1.23. The Labute approximate surface area is 52.7 Å². The van der Waals surface area contributed by atoms with Crippen LogP contribution in [0.5, 0.6) is 0 Å². The molecule has 9 heavy (non-hydrogen) atoms. The van der Waals surface area contributed by atoms with E-state index in [1.165, 1.54) is 7.11 Å². The zero-order chi connectivity index (χ0) is 7.70. The van der Waals surface area contributed by atoms with Gasteiger partial charge in [0, 0.05) is 0 Å². The summed E-state index contributed by atoms with van der Waals surface area (Å²) in [5.74, 6) is -1.23. The summed E-state index contributed by atoms with van der Waals surface area (Å²) in [4.78, 5) is 18.1. The van der Waals surface area contributed by atoms with Crippen LogP contribution in [0.1, 0.15) is 0 Å². The van der Waals surface area contributed by atoms with Crippen molar-refractivity contribution in [3.63, 3.8) is 0 Å². The minimum Gasteiger partial charge on any atom is -0.545 e. The molecule has 0 rings (SSSR count). The van der Waals surface area contributed by atoms with Crippen molar-refractivity contribution in [1.29, 1.82) is 0 Å². The fourth-order valence-electron chi connectivity index (χ4n) is 0. The number of aliphatic carboxylic acids is 1. The van der Waals surface area contributed by atoms with E-state index in [2.05, 4.69) is 11.3 Å². The summed E-state index contributed by atoms with van der Waals surface area (Å²) < 4.78 is 3.86. The second-order valence-electron chi connectivity index (χ2n) is 0.855. The molecule has 0 aliphatic heterocycles. The van der Waals surface area contributed by atoms with E-state index in [1.54, 1.807) is 0 Å². The van der Waals surface area contributed by atoms with Crippen molar-refractivity contribution in [1.82, 2.24) is 0 Å². The lowest BCUT2D eigenvalue weighted by atomic mass is 10.7. The summed E-state index contributed by atoms with van der Waals surface area (Å²) >= 11 is 0. The molecule has 0 aromatic carbocycles. The van der Waals surface area contributed by atoms with Crippen molar-refractivity contribution in [3.05, 3.63) is 12.7 Å². The number of rotatable bonds is 2. The maximum Gasteiger partial charge on any atom is 0.292 e. The predicted octanol–water partition coefficient (Wildman–Crippen LogP) is -1.29. The highest BCUT2D eigenvalue weighted by molar-refractivity contribution is 5.76. The Morgan fingerprint density at radius 3 is 2.00 bits per heavy atom. The van der Waals surface area contributed by atoms with Crippen molar-refractivity contribution in [3.8, 4) is 0 Å². The lowest BCUT2D eigenvalue weighted by molar-refractivity contribution is -0.297. The van der Waals surface area contributed by atoms with E-state index in [4.69, 9.17) is 14.7 Å². The summed E-state index contributed by atoms with van der Waals surface area (Å²) in [6.07, 6.45) is 0.722. The van der Waals surface area contributed by atoms with Crippen LogP contribution >= 0.6 is 0 Å². The fourth-order valence-corrected chi connectivity index (χ4v) is 0. The number of carbonyl (C=O) groups excluding carboxylic acids is 2. The van der Waals surface area contributed by atoms with E-state index >= 15 is 0 Å². The molecule has 0 aliphatic carbocycles. The Morgan fingerprint density at radius 2 is 2.00 bits per heavy atom. The normalized spacial score (nSPS) is 5.89. The number of methoxy groups -OCH3 is 1. The van der Waals surface area contributed by atoms with Gasteiger partial charge in [-0.15, -0.1) is 0 Å². The van der Waals surface area contributed by atoms with Crippen LogP contribution in [0, 0.1) is 0 Å². The van der Waals surface area contributed by atoms with Crippen molar-refractivity contribution in [2.75, 3.05) is 7.11 Å². The molecule has 52 valence electrons. The number of hydrogen-bond donors (Lipinski definition) is 0. The van der Waals surface area contributed by atoms with Crippen molar-refractivity contribution >= 4 is 12.4 Å². The van der Waals surface area contributed by atoms with E-state index in [-0.39, 0.29) is 0 Å². The maximum atomic E-state index is 9.14. The summed E-state index contributed by atoms with van der Waals surface area (Å²) in [6.45, 7) is 3.27. The Kier molecular flexibility index (Phi) is 11.6. The monoisotopic (exact) mass is 131 g/mol. The molecule has 0 aromatic rings. The Morgan fingerprint density at radius 1 is 1.78 bits per heavy atom. The molecule has 0 unspecified atom stereocenters. The smallest absolute Gasteiger partial charge is 0.292 e. The van der Waals surface area contributed by atoms with Gasteiger partial charge < -0.3 is 14.6 Å². The van der Waals surface area contributed by atoms with Gasteiger partial charge in [-0.25, -0.2) is 0 Å². The van der Waals surface area contributed by atoms with Crippen LogP contribution in [0.4, 0.5) is 0 Å². The zero-order valence-corrected chi connectivity index (χ0v) is 4.99. The van der Waals surface area contributed by atoms with Gasteiger partial charge in [-0.2, -0.15) is 0 Å². The molecule has 0 saturated heterocycles. The van der Waals surface area contributed by atoms with Gasteiger partial charge in [0.1, 0.15) is 0 Å². The first-order valence-corrected chi connectivity index (χ1v) is 1.98. The average molecular weight is 131 g/mol. The van der Waals surface area contributed by atoms with Crippen LogP contribution in [0.2, 0.25) is 0 Å². The molecule has 0 atom stereocenters. The van der Waals surface area contributed by atoms with Crippen LogP contribution < -0.4 is 5.11 Å². The Balaban J connectivity index is 0. The molecule has 0 N–H and O–H groups in total. The molecule has 4 heteroatoms. The van der Waals surface area contributed by atoms with E-state index in [0.29, 0.717) is 6.47 Å². The highest BCUT2D eigenvalue weighted by Gasteiger charge is 1.55. The van der Waals surface area contributed by atoms with Gasteiger partial charge >= 0.3 is 0 Å². The van der Waals surface area contributed by atoms with Gasteiger partial charge in [-0.05, 0) is 6.08 Å². The van der Waals surface area contributed by atoms with E-state index < -0.39 is 5.97 Å². The highest BCUT2D eigenvalue weighted by atomic mass is 16.5. The average Bonchev–Trinajstić information content (AvgIpc) is 1.89. The van der Waals surface area contributed by atoms with Gasteiger partial charge in [0.25, 0.3) is 6.47 Å². The molecule has 0 heterocycles. The number of ether oxygens (including phenoxy) is 1. The van der Waals surface area contributed by atoms with E-state index in [9.17, 15) is 0 Å². The summed E-state index contributed by atoms with van der Waals surface area (Å²) in [5, 5.41) is 9.14. The van der Waals surface area contributed by atoms with Gasteiger partial charge in [0.05, 0.1) is 13.1 Å². The molecular formula is C5H7O4-. The lowest BCUT2D eigenvalue weighted by Gasteiger charge is -1.81. The molecule has 0 saturated carbocycles. The van der Waals surface area contributed by atoms with Crippen molar-refractivity contribution < 1.29 is 19.4 Å². The van der Waals surface area contributed by atoms with Crippen LogP contribution in [-0.4, -0.2) is 19.6 Å². The quantitative estimate of drug-likeness (QED) is 0.345. The molecule has 0 fully saturated rings. The van der Waals surface area contributed by atoms with Gasteiger partial charge in [0.15, 0.2) is 0 Å². The molecule has 0 bridgehead atoms. The first kappa shape index (κ1) is 10.6. The lowest BCUT2D eigenvalue weighted by Crippen LogP contribution is -2.17. The second-order valence-corrected chi connectivity index (χ2v) is 0.855. The molecular weight excluding hydrogens is 124 g/mol. The summed E-state index contributed by atoms with van der Waals surface area (Å²) in [5.41, 5.74) is 0. The first-order valence-electron chi connectivity index (χ1n) is 1.98. The molecule has 0 radical (unpaired) electrons. The summed E-state index contributed by atoms with van der Waals surface area (Å²) in [7, 11) is 1.31. The SMILES string of the molecule is C=CC(=O)[O-].COC=O. The Bertz CT molecular complexity index is 97.1. The van der Waals surface area contributed by atoms with Crippen LogP contribution in [0.15, 0.2) is 12.7 Å². The maximum absolute atomic E-state index is 9.14. The van der Waals surface area contributed by atoms with Crippen molar-refractivity contribution in [2.24, 2.45) is 0 Å². The minimum absolute atomic E-state index is 0.375. The van der Waals surface area contributed by atoms with E-state index in [1.807, 2.05) is 0 Å². The summed E-state index contributed by atoms with van der Waals surface area (Å²) in [6, 6.07) is 0. The number of carbonyl (C=O) groups is 2. The molecule has 0 aromatic heterocycles. The number of carboxylic acids is 1. The third-order valence-electron chi connectivity index (χ3n) is 0.263. The topological polar surface area (TPSA) is 66.4 Å².